The molecular weight excluding hydrogens is 284 g/mol. The fraction of sp³-hybridized carbons (Fsp3) is 0.875. The molecule has 0 aromatic carbocycles. The third-order valence-electron chi connectivity index (χ3n) is 3.74. The van der Waals surface area contributed by atoms with Crippen LogP contribution in [0.1, 0.15) is 59.8 Å². The molecule has 6 heteroatoms. The Labute approximate surface area is 133 Å². The number of amides is 1. The normalized spacial score (nSPS) is 24.0. The van der Waals surface area contributed by atoms with Crippen molar-refractivity contribution in [3.05, 3.63) is 0 Å². The molecule has 0 bridgehead atoms. The molecule has 1 amide bonds. The number of hydrogen-bond donors (Lipinski definition) is 2. The molecule has 0 aromatic rings. The lowest BCUT2D eigenvalue weighted by Crippen LogP contribution is -2.54. The van der Waals surface area contributed by atoms with Crippen molar-refractivity contribution in [3.63, 3.8) is 0 Å². The monoisotopic (exact) mass is 314 g/mol. The van der Waals surface area contributed by atoms with Gasteiger partial charge >= 0.3 is 12.1 Å². The molecule has 0 radical (unpaired) electrons. The Bertz CT molecular complexity index is 379. The second-order valence-electron chi connectivity index (χ2n) is 6.91. The summed E-state index contributed by atoms with van der Waals surface area (Å²) >= 11 is 0. The molecule has 2 N–H and O–H groups in total. The van der Waals surface area contributed by atoms with Gasteiger partial charge in [-0.1, -0.05) is 19.3 Å². The van der Waals surface area contributed by atoms with E-state index >= 15 is 0 Å². The molecule has 22 heavy (non-hydrogen) atoms. The van der Waals surface area contributed by atoms with Crippen LogP contribution < -0.4 is 10.6 Å². The van der Waals surface area contributed by atoms with Crippen LogP contribution in [-0.2, 0) is 14.3 Å². The van der Waals surface area contributed by atoms with E-state index in [4.69, 9.17) is 9.47 Å². The van der Waals surface area contributed by atoms with E-state index in [1.54, 1.807) is 6.92 Å². The number of alkyl carbamates (subject to hydrolysis) is 1. The third kappa shape index (κ3) is 6.64. The van der Waals surface area contributed by atoms with Crippen molar-refractivity contribution in [3.8, 4) is 0 Å². The van der Waals surface area contributed by atoms with Gasteiger partial charge in [0.15, 0.2) is 0 Å². The summed E-state index contributed by atoms with van der Waals surface area (Å²) < 4.78 is 10.1. The highest BCUT2D eigenvalue weighted by Crippen LogP contribution is 2.19. The second-order valence-corrected chi connectivity index (χ2v) is 6.91. The van der Waals surface area contributed by atoms with E-state index in [0.717, 1.165) is 32.1 Å². The van der Waals surface area contributed by atoms with Crippen molar-refractivity contribution in [2.75, 3.05) is 7.11 Å². The Balaban J connectivity index is 2.65. The number of carbonyl (C=O) groups excluding carboxylic acids is 2. The fourth-order valence-corrected chi connectivity index (χ4v) is 2.70. The lowest BCUT2D eigenvalue weighted by molar-refractivity contribution is -0.142. The predicted molar refractivity (Wildman–Crippen MR) is 84.6 cm³/mol. The Morgan fingerprint density at radius 1 is 1.09 bits per heavy atom. The molecule has 1 fully saturated rings. The molecular formula is C16H30N2O4. The number of methoxy groups -OCH3 is 1. The number of nitrogens with one attached hydrogen (secondary N) is 2. The minimum Gasteiger partial charge on any atom is -0.468 e. The number of rotatable bonds is 4. The lowest BCUT2D eigenvalue weighted by Gasteiger charge is -2.30. The highest BCUT2D eigenvalue weighted by Gasteiger charge is 2.29. The van der Waals surface area contributed by atoms with Gasteiger partial charge in [0.1, 0.15) is 11.6 Å². The molecule has 1 aliphatic carbocycles. The van der Waals surface area contributed by atoms with Gasteiger partial charge in [-0.05, 0) is 40.5 Å². The predicted octanol–water partition coefficient (Wildman–Crippen LogP) is 2.36. The van der Waals surface area contributed by atoms with E-state index in [0.29, 0.717) is 0 Å². The van der Waals surface area contributed by atoms with Crippen molar-refractivity contribution in [1.82, 2.24) is 10.6 Å². The molecule has 0 spiro atoms. The van der Waals surface area contributed by atoms with Gasteiger partial charge in [0.05, 0.1) is 7.11 Å². The maximum atomic E-state index is 12.0. The first kappa shape index (κ1) is 18.7. The molecule has 0 aromatic heterocycles. The zero-order valence-corrected chi connectivity index (χ0v) is 14.4. The standard InChI is InChI=1S/C16H30N2O4/c1-11(14(19)21-5)17-12-9-7-6-8-10-13(12)18-15(20)22-16(2,3)4/h11-13,17H,6-10H2,1-5H3,(H,18,20). The molecule has 128 valence electrons. The van der Waals surface area contributed by atoms with Crippen LogP contribution in [0.5, 0.6) is 0 Å². The summed E-state index contributed by atoms with van der Waals surface area (Å²) in [6, 6.07) is -0.385. The summed E-state index contributed by atoms with van der Waals surface area (Å²) in [5.41, 5.74) is -0.517. The van der Waals surface area contributed by atoms with Gasteiger partial charge in [-0.2, -0.15) is 0 Å². The van der Waals surface area contributed by atoms with Gasteiger partial charge in [-0.25, -0.2) is 4.79 Å². The van der Waals surface area contributed by atoms with E-state index in [2.05, 4.69) is 10.6 Å². The highest BCUT2D eigenvalue weighted by atomic mass is 16.6. The van der Waals surface area contributed by atoms with Crippen LogP contribution >= 0.6 is 0 Å². The summed E-state index contributed by atoms with van der Waals surface area (Å²) in [6.45, 7) is 7.31. The zero-order chi connectivity index (χ0) is 16.8. The molecule has 3 unspecified atom stereocenters. The lowest BCUT2D eigenvalue weighted by atomic mass is 10.0. The first-order valence-electron chi connectivity index (χ1n) is 8.06. The van der Waals surface area contributed by atoms with Gasteiger partial charge in [-0.15, -0.1) is 0 Å². The third-order valence-corrected chi connectivity index (χ3v) is 3.74. The van der Waals surface area contributed by atoms with Crippen molar-refractivity contribution in [2.24, 2.45) is 0 Å². The molecule has 1 saturated carbocycles. The van der Waals surface area contributed by atoms with E-state index in [1.165, 1.54) is 7.11 Å². The maximum Gasteiger partial charge on any atom is 0.407 e. The molecule has 6 nitrogen and oxygen atoms in total. The average Bonchev–Trinajstić information content (AvgIpc) is 2.61. The van der Waals surface area contributed by atoms with E-state index in [-0.39, 0.29) is 18.1 Å². The van der Waals surface area contributed by atoms with E-state index in [9.17, 15) is 9.59 Å². The molecule has 1 rings (SSSR count). The van der Waals surface area contributed by atoms with Crippen molar-refractivity contribution >= 4 is 12.1 Å². The van der Waals surface area contributed by atoms with Crippen molar-refractivity contribution in [2.45, 2.75) is 83.5 Å². The quantitative estimate of drug-likeness (QED) is 0.615. The van der Waals surface area contributed by atoms with Gasteiger partial charge in [0.2, 0.25) is 0 Å². The molecule has 3 atom stereocenters. The number of ether oxygens (including phenoxy) is 2. The van der Waals surface area contributed by atoms with Crippen LogP contribution in [0.2, 0.25) is 0 Å². The largest absolute Gasteiger partial charge is 0.468 e. The summed E-state index contributed by atoms with van der Waals surface area (Å²) in [6.07, 6.45) is 4.67. The maximum absolute atomic E-state index is 12.0. The summed E-state index contributed by atoms with van der Waals surface area (Å²) in [5, 5.41) is 6.24. The minimum atomic E-state index is -0.517. The van der Waals surface area contributed by atoms with Gasteiger partial charge in [0.25, 0.3) is 0 Å². The highest BCUT2D eigenvalue weighted by molar-refractivity contribution is 5.75. The second kappa shape index (κ2) is 8.36. The van der Waals surface area contributed by atoms with E-state index in [1.807, 2.05) is 20.8 Å². The molecule has 0 saturated heterocycles. The first-order chi connectivity index (χ1) is 10.2. The van der Waals surface area contributed by atoms with Crippen LogP contribution in [0.15, 0.2) is 0 Å². The van der Waals surface area contributed by atoms with Crippen molar-refractivity contribution in [1.29, 1.82) is 0 Å². The van der Waals surface area contributed by atoms with Gasteiger partial charge < -0.3 is 14.8 Å². The first-order valence-corrected chi connectivity index (χ1v) is 8.06. The number of hydrogen-bond acceptors (Lipinski definition) is 5. The Kier molecular flexibility index (Phi) is 7.13. The van der Waals surface area contributed by atoms with Crippen LogP contribution in [0, 0.1) is 0 Å². The SMILES string of the molecule is COC(=O)C(C)NC1CCCCCC1NC(=O)OC(C)(C)C. The average molecular weight is 314 g/mol. The molecule has 1 aliphatic rings. The van der Waals surface area contributed by atoms with Crippen LogP contribution in [0.3, 0.4) is 0 Å². The summed E-state index contributed by atoms with van der Waals surface area (Å²) in [7, 11) is 1.38. The Hall–Kier alpha value is -1.30. The summed E-state index contributed by atoms with van der Waals surface area (Å²) in [4.78, 5) is 23.6. The summed E-state index contributed by atoms with van der Waals surface area (Å²) in [5.74, 6) is -0.291. The fourth-order valence-electron chi connectivity index (χ4n) is 2.70. The van der Waals surface area contributed by atoms with Crippen LogP contribution in [0.4, 0.5) is 4.79 Å². The Morgan fingerprint density at radius 2 is 1.68 bits per heavy atom. The molecule has 0 aliphatic heterocycles. The van der Waals surface area contributed by atoms with Gasteiger partial charge in [-0.3, -0.25) is 10.1 Å². The zero-order valence-electron chi connectivity index (χ0n) is 14.4. The van der Waals surface area contributed by atoms with Crippen molar-refractivity contribution < 1.29 is 19.1 Å². The molecule has 0 heterocycles. The number of esters is 1. The van der Waals surface area contributed by atoms with Crippen LogP contribution in [0.25, 0.3) is 0 Å². The van der Waals surface area contributed by atoms with Crippen LogP contribution in [-0.4, -0.2) is 42.9 Å². The topological polar surface area (TPSA) is 76.7 Å². The Morgan fingerprint density at radius 3 is 2.23 bits per heavy atom. The smallest absolute Gasteiger partial charge is 0.407 e. The minimum absolute atomic E-state index is 0.0375. The number of carbonyl (C=O) groups is 2. The van der Waals surface area contributed by atoms with Gasteiger partial charge in [0, 0.05) is 12.1 Å². The van der Waals surface area contributed by atoms with E-state index < -0.39 is 17.7 Å².